The fraction of sp³-hybridized carbons (Fsp3) is 0.922. The van der Waals surface area contributed by atoms with Crippen LogP contribution in [-0.4, -0.2) is 111 Å². The van der Waals surface area contributed by atoms with Gasteiger partial charge in [-0.25, -0.2) is 0 Å². The zero-order chi connectivity index (χ0) is 43.2. The van der Waals surface area contributed by atoms with Gasteiger partial charge in [0.2, 0.25) is 0 Å². The van der Waals surface area contributed by atoms with Gasteiger partial charge in [-0.15, -0.1) is 0 Å². The second-order valence-electron chi connectivity index (χ2n) is 16.3. The van der Waals surface area contributed by atoms with Crippen molar-refractivity contribution >= 4 is 12.6 Å². The monoisotopic (exact) mass is 873 g/mol. The molecule has 358 valence electrons. The molecule has 0 spiro atoms. The number of thiol groups is 1. The van der Waals surface area contributed by atoms with Crippen molar-refractivity contribution < 1.29 is 37.9 Å². The van der Waals surface area contributed by atoms with E-state index in [4.69, 9.17) is 37.9 Å². The number of allylic oxidation sites excluding steroid dienone is 4. The lowest BCUT2D eigenvalue weighted by molar-refractivity contribution is -0.0702. The van der Waals surface area contributed by atoms with E-state index < -0.39 is 0 Å². The van der Waals surface area contributed by atoms with Gasteiger partial charge in [0.15, 0.2) is 0 Å². The first-order valence-electron chi connectivity index (χ1n) is 25.4. The number of hydrogen-bond donors (Lipinski definition) is 1. The minimum atomic E-state index is -0.0395. The van der Waals surface area contributed by atoms with Gasteiger partial charge >= 0.3 is 0 Å². The highest BCUT2D eigenvalue weighted by atomic mass is 32.1. The van der Waals surface area contributed by atoms with Crippen LogP contribution in [0.15, 0.2) is 24.3 Å². The maximum atomic E-state index is 6.27. The highest BCUT2D eigenvalue weighted by Gasteiger charge is 2.10. The summed E-state index contributed by atoms with van der Waals surface area (Å²) in [5.41, 5.74) is 0. The minimum Gasteiger partial charge on any atom is -0.379 e. The Balaban J connectivity index is 4.02. The van der Waals surface area contributed by atoms with Crippen molar-refractivity contribution in [3.8, 4) is 0 Å². The van der Waals surface area contributed by atoms with Crippen LogP contribution in [0.25, 0.3) is 0 Å². The van der Waals surface area contributed by atoms with E-state index in [1.54, 1.807) is 0 Å². The molecule has 9 heteroatoms. The van der Waals surface area contributed by atoms with Gasteiger partial charge in [0.1, 0.15) is 6.10 Å². The van der Waals surface area contributed by atoms with Gasteiger partial charge in [-0.2, -0.15) is 12.6 Å². The lowest BCUT2D eigenvalue weighted by Gasteiger charge is -2.18. The molecule has 0 aliphatic heterocycles. The summed E-state index contributed by atoms with van der Waals surface area (Å²) in [5, 5.41) is 0. The molecule has 0 fully saturated rings. The third-order valence-electron chi connectivity index (χ3n) is 10.5. The molecule has 0 saturated heterocycles. The van der Waals surface area contributed by atoms with Crippen molar-refractivity contribution in [2.24, 2.45) is 0 Å². The summed E-state index contributed by atoms with van der Waals surface area (Å²) >= 11 is 4.11. The Hall–Kier alpha value is -0.490. The van der Waals surface area contributed by atoms with Crippen LogP contribution in [0.2, 0.25) is 0 Å². The van der Waals surface area contributed by atoms with Gasteiger partial charge < -0.3 is 37.9 Å². The van der Waals surface area contributed by atoms with Crippen LogP contribution in [0.5, 0.6) is 0 Å². The lowest BCUT2D eigenvalue weighted by Crippen LogP contribution is -2.27. The molecule has 1 unspecified atom stereocenters. The Bertz CT molecular complexity index is 816. The molecule has 60 heavy (non-hydrogen) atoms. The molecule has 0 amide bonds. The maximum absolute atomic E-state index is 6.27. The Labute approximate surface area is 378 Å². The largest absolute Gasteiger partial charge is 0.379 e. The molecule has 0 aliphatic carbocycles. The number of unbranched alkanes of at least 4 members (excludes halogenated alkanes) is 24. The molecule has 0 N–H and O–H groups in total. The third-order valence-corrected chi connectivity index (χ3v) is 10.7. The van der Waals surface area contributed by atoms with Gasteiger partial charge in [0.05, 0.1) is 85.9 Å². The van der Waals surface area contributed by atoms with Crippen LogP contribution in [0.3, 0.4) is 0 Å². The summed E-state index contributed by atoms with van der Waals surface area (Å²) in [6.07, 6.45) is 46.4. The van der Waals surface area contributed by atoms with Crippen LogP contribution in [-0.2, 0) is 37.9 Å². The van der Waals surface area contributed by atoms with Crippen molar-refractivity contribution in [1.29, 1.82) is 0 Å². The fourth-order valence-electron chi connectivity index (χ4n) is 6.79. The first kappa shape index (κ1) is 59.5. The van der Waals surface area contributed by atoms with Gasteiger partial charge in [-0.3, -0.25) is 0 Å². The van der Waals surface area contributed by atoms with E-state index in [0.717, 1.165) is 31.8 Å². The molecular weight excluding hydrogens is 773 g/mol. The molecule has 0 aliphatic rings. The topological polar surface area (TPSA) is 73.8 Å². The van der Waals surface area contributed by atoms with Crippen molar-refractivity contribution in [3.63, 3.8) is 0 Å². The van der Waals surface area contributed by atoms with Crippen LogP contribution in [0.1, 0.15) is 194 Å². The van der Waals surface area contributed by atoms with E-state index >= 15 is 0 Å². The summed E-state index contributed by atoms with van der Waals surface area (Å²) in [7, 11) is 0. The SMILES string of the molecule is CCCCCCCC/C=C\CCCCCCCCOCC(COCCOCCOCCOCCOCCOCCS)OCCCCCCCC/C=C\CCCCCCCC. The van der Waals surface area contributed by atoms with E-state index in [2.05, 4.69) is 50.8 Å². The van der Waals surface area contributed by atoms with Gasteiger partial charge in [0, 0.05) is 19.0 Å². The Morgan fingerprint density at radius 3 is 0.950 bits per heavy atom. The molecule has 0 saturated carbocycles. The maximum Gasteiger partial charge on any atom is 0.104 e. The van der Waals surface area contributed by atoms with Crippen molar-refractivity contribution in [2.75, 3.05) is 105 Å². The zero-order valence-electron chi connectivity index (χ0n) is 39.7. The molecular formula is C51H100O8S. The average Bonchev–Trinajstić information content (AvgIpc) is 3.26. The van der Waals surface area contributed by atoms with Crippen LogP contribution in [0, 0.1) is 0 Å². The first-order valence-corrected chi connectivity index (χ1v) is 26.0. The summed E-state index contributed by atoms with van der Waals surface area (Å²) in [4.78, 5) is 0. The van der Waals surface area contributed by atoms with Crippen LogP contribution in [0.4, 0.5) is 0 Å². The first-order chi connectivity index (χ1) is 29.8. The van der Waals surface area contributed by atoms with Crippen molar-refractivity contribution in [2.45, 2.75) is 200 Å². The second-order valence-corrected chi connectivity index (χ2v) is 16.8. The Kier molecular flexibility index (Phi) is 56.1. The Morgan fingerprint density at radius 2 is 0.583 bits per heavy atom. The molecule has 0 aromatic carbocycles. The molecule has 1 atom stereocenters. The standard InChI is InChI=1S/C51H100O8S/c1-3-5-7-9-11-13-15-17-19-21-23-25-27-29-31-33-35-57-49-51(59-36-34-32-30-28-26-24-22-20-18-16-14-12-10-8-6-4-2)50-58-46-45-55-42-41-53-38-37-52-39-40-54-43-44-56-47-48-60/h17-20,51,60H,3-16,21-50H2,1-2H3/b19-17-,20-18-. The molecule has 0 radical (unpaired) electrons. The van der Waals surface area contributed by atoms with Crippen LogP contribution < -0.4 is 0 Å². The third kappa shape index (κ3) is 53.6. The van der Waals surface area contributed by atoms with Crippen LogP contribution >= 0.6 is 12.6 Å². The normalized spacial score (nSPS) is 12.5. The molecule has 0 bridgehead atoms. The van der Waals surface area contributed by atoms with Crippen molar-refractivity contribution in [1.82, 2.24) is 0 Å². The second kappa shape index (κ2) is 56.5. The molecule has 0 rings (SSSR count). The minimum absolute atomic E-state index is 0.0395. The van der Waals surface area contributed by atoms with Gasteiger partial charge in [0.25, 0.3) is 0 Å². The summed E-state index contributed by atoms with van der Waals surface area (Å²) < 4.78 is 45.9. The smallest absolute Gasteiger partial charge is 0.104 e. The summed E-state index contributed by atoms with van der Waals surface area (Å²) in [6.45, 7) is 13.4. The van der Waals surface area contributed by atoms with Gasteiger partial charge in [-0.1, -0.05) is 154 Å². The highest BCUT2D eigenvalue weighted by Crippen LogP contribution is 2.12. The number of hydrogen-bond acceptors (Lipinski definition) is 9. The average molecular weight is 873 g/mol. The predicted molar refractivity (Wildman–Crippen MR) is 258 cm³/mol. The zero-order valence-corrected chi connectivity index (χ0v) is 40.6. The molecule has 8 nitrogen and oxygen atoms in total. The highest BCUT2D eigenvalue weighted by molar-refractivity contribution is 7.80. The summed E-state index contributed by atoms with van der Waals surface area (Å²) in [6, 6.07) is 0. The van der Waals surface area contributed by atoms with Crippen molar-refractivity contribution in [3.05, 3.63) is 24.3 Å². The Morgan fingerprint density at radius 1 is 0.300 bits per heavy atom. The van der Waals surface area contributed by atoms with E-state index in [-0.39, 0.29) is 6.10 Å². The van der Waals surface area contributed by atoms with E-state index in [1.165, 1.54) is 167 Å². The predicted octanol–water partition coefficient (Wildman–Crippen LogP) is 13.5. The summed E-state index contributed by atoms with van der Waals surface area (Å²) in [5.74, 6) is 0.727. The molecule has 0 aromatic heterocycles. The van der Waals surface area contributed by atoms with E-state index in [1.807, 2.05) is 0 Å². The van der Waals surface area contributed by atoms with Gasteiger partial charge in [-0.05, 0) is 64.2 Å². The number of rotatable bonds is 54. The lowest BCUT2D eigenvalue weighted by atomic mass is 10.1. The van der Waals surface area contributed by atoms with E-state index in [9.17, 15) is 0 Å². The van der Waals surface area contributed by atoms with E-state index in [0.29, 0.717) is 85.9 Å². The fourth-order valence-corrected chi connectivity index (χ4v) is 6.92. The number of ether oxygens (including phenoxy) is 8. The molecule has 0 aromatic rings. The quantitative estimate of drug-likeness (QED) is 0.0368. The molecule has 0 heterocycles.